The molecule has 0 radical (unpaired) electrons. The van der Waals surface area contributed by atoms with Crippen LogP contribution in [0.4, 0.5) is 4.39 Å². The molecule has 1 fully saturated rings. The predicted molar refractivity (Wildman–Crippen MR) is 81.2 cm³/mol. The summed E-state index contributed by atoms with van der Waals surface area (Å²) in [5.74, 6) is -0.0674. The van der Waals surface area contributed by atoms with E-state index in [1.54, 1.807) is 6.07 Å². The SMILES string of the molecule is Cl.O=C(Cc1nc2ccc(F)cc2s1)[C@@H]1CCCCN1. The Labute approximate surface area is 127 Å². The normalized spacial score (nSPS) is 18.8. The molecule has 0 spiro atoms. The van der Waals surface area contributed by atoms with Crippen LogP contribution in [0.3, 0.4) is 0 Å². The summed E-state index contributed by atoms with van der Waals surface area (Å²) in [4.78, 5) is 16.5. The first kappa shape index (κ1) is 15.4. The fourth-order valence-electron chi connectivity index (χ4n) is 2.42. The van der Waals surface area contributed by atoms with Gasteiger partial charge in [0.05, 0.1) is 22.7 Å². The Morgan fingerprint density at radius 2 is 2.30 bits per heavy atom. The number of ketones is 1. The van der Waals surface area contributed by atoms with E-state index < -0.39 is 0 Å². The van der Waals surface area contributed by atoms with Crippen molar-refractivity contribution in [3.05, 3.63) is 29.0 Å². The van der Waals surface area contributed by atoms with E-state index >= 15 is 0 Å². The van der Waals surface area contributed by atoms with Crippen LogP contribution in [0.25, 0.3) is 10.2 Å². The van der Waals surface area contributed by atoms with Crippen molar-refractivity contribution in [3.63, 3.8) is 0 Å². The Hall–Kier alpha value is -1.04. The van der Waals surface area contributed by atoms with E-state index in [0.717, 1.165) is 41.0 Å². The predicted octanol–water partition coefficient (Wildman–Crippen LogP) is 3.11. The number of benzene rings is 1. The number of nitrogens with one attached hydrogen (secondary N) is 1. The van der Waals surface area contributed by atoms with Crippen LogP contribution in [-0.4, -0.2) is 23.4 Å². The number of fused-ring (bicyclic) bond motifs is 1. The lowest BCUT2D eigenvalue weighted by atomic mass is 10.00. The Morgan fingerprint density at radius 1 is 1.45 bits per heavy atom. The Bertz CT molecular complexity index is 610. The molecule has 1 saturated heterocycles. The van der Waals surface area contributed by atoms with Gasteiger partial charge >= 0.3 is 0 Å². The molecule has 1 aromatic carbocycles. The third-order valence-corrected chi connectivity index (χ3v) is 4.44. The number of nitrogens with zero attached hydrogens (tertiary/aromatic N) is 1. The van der Waals surface area contributed by atoms with Gasteiger partial charge in [-0.05, 0) is 37.6 Å². The van der Waals surface area contributed by atoms with E-state index in [4.69, 9.17) is 0 Å². The first-order valence-corrected chi connectivity index (χ1v) is 7.35. The number of piperidine rings is 1. The number of carbonyl (C=O) groups excluding carboxylic acids is 1. The van der Waals surface area contributed by atoms with E-state index in [-0.39, 0.29) is 30.0 Å². The maximum absolute atomic E-state index is 13.1. The van der Waals surface area contributed by atoms with Crippen LogP contribution < -0.4 is 5.32 Å². The molecule has 1 atom stereocenters. The van der Waals surface area contributed by atoms with Gasteiger partial charge in [0.2, 0.25) is 0 Å². The van der Waals surface area contributed by atoms with E-state index in [1.165, 1.54) is 23.5 Å². The number of hydrogen-bond acceptors (Lipinski definition) is 4. The molecule has 1 aliphatic rings. The summed E-state index contributed by atoms with van der Waals surface area (Å²) >= 11 is 1.40. The van der Waals surface area contributed by atoms with Gasteiger partial charge in [0, 0.05) is 0 Å². The summed E-state index contributed by atoms with van der Waals surface area (Å²) in [7, 11) is 0. The number of thiazole rings is 1. The monoisotopic (exact) mass is 314 g/mol. The highest BCUT2D eigenvalue weighted by Crippen LogP contribution is 2.24. The van der Waals surface area contributed by atoms with Gasteiger partial charge in [-0.2, -0.15) is 0 Å². The molecule has 3 rings (SSSR count). The molecule has 0 bridgehead atoms. The average molecular weight is 315 g/mol. The largest absolute Gasteiger partial charge is 0.307 e. The lowest BCUT2D eigenvalue weighted by molar-refractivity contribution is -0.120. The van der Waals surface area contributed by atoms with Crippen LogP contribution in [-0.2, 0) is 11.2 Å². The summed E-state index contributed by atoms with van der Waals surface area (Å²) < 4.78 is 13.9. The summed E-state index contributed by atoms with van der Waals surface area (Å²) in [5, 5.41) is 4.03. The van der Waals surface area contributed by atoms with Crippen molar-refractivity contribution in [2.75, 3.05) is 6.54 Å². The van der Waals surface area contributed by atoms with Gasteiger partial charge in [-0.15, -0.1) is 23.7 Å². The van der Waals surface area contributed by atoms with Gasteiger partial charge < -0.3 is 5.32 Å². The maximum atomic E-state index is 13.1. The van der Waals surface area contributed by atoms with Gasteiger partial charge in [-0.3, -0.25) is 4.79 Å². The summed E-state index contributed by atoms with van der Waals surface area (Å²) in [6.45, 7) is 0.918. The van der Waals surface area contributed by atoms with Crippen LogP contribution in [0.5, 0.6) is 0 Å². The molecule has 3 nitrogen and oxygen atoms in total. The van der Waals surface area contributed by atoms with Crippen molar-refractivity contribution in [2.45, 2.75) is 31.7 Å². The molecule has 2 heterocycles. The minimum absolute atomic E-state index is 0. The van der Waals surface area contributed by atoms with Crippen LogP contribution in [0.2, 0.25) is 0 Å². The second-order valence-electron chi connectivity index (χ2n) is 4.87. The zero-order valence-corrected chi connectivity index (χ0v) is 12.5. The molecular formula is C14H16ClFN2OS. The summed E-state index contributed by atoms with van der Waals surface area (Å²) in [6, 6.07) is 4.50. The van der Waals surface area contributed by atoms with Crippen molar-refractivity contribution in [1.82, 2.24) is 10.3 Å². The zero-order valence-electron chi connectivity index (χ0n) is 10.9. The van der Waals surface area contributed by atoms with Gasteiger partial charge in [0.25, 0.3) is 0 Å². The Kier molecular flexibility index (Phi) is 5.07. The van der Waals surface area contributed by atoms with E-state index in [9.17, 15) is 9.18 Å². The molecule has 108 valence electrons. The van der Waals surface area contributed by atoms with Gasteiger partial charge in [0.1, 0.15) is 10.8 Å². The van der Waals surface area contributed by atoms with Crippen LogP contribution >= 0.6 is 23.7 Å². The summed E-state index contributed by atoms with van der Waals surface area (Å²) in [5.41, 5.74) is 0.769. The fourth-order valence-corrected chi connectivity index (χ4v) is 3.42. The smallest absolute Gasteiger partial charge is 0.156 e. The first-order valence-electron chi connectivity index (χ1n) is 6.53. The molecule has 0 saturated carbocycles. The number of hydrogen-bond donors (Lipinski definition) is 1. The number of Topliss-reactive ketones (excluding diaryl/α,β-unsaturated/α-hetero) is 1. The van der Waals surface area contributed by atoms with E-state index in [0.29, 0.717) is 6.42 Å². The minimum atomic E-state index is -0.261. The molecule has 0 aliphatic carbocycles. The molecule has 6 heteroatoms. The molecule has 1 N–H and O–H groups in total. The third kappa shape index (κ3) is 3.34. The van der Waals surface area contributed by atoms with Gasteiger partial charge in [-0.25, -0.2) is 9.37 Å². The minimum Gasteiger partial charge on any atom is -0.307 e. The number of carbonyl (C=O) groups is 1. The van der Waals surface area contributed by atoms with Gasteiger partial charge in [-0.1, -0.05) is 6.42 Å². The van der Waals surface area contributed by atoms with Crippen molar-refractivity contribution >= 4 is 39.7 Å². The molecule has 1 aromatic heterocycles. The van der Waals surface area contributed by atoms with Crippen molar-refractivity contribution in [1.29, 1.82) is 0 Å². The van der Waals surface area contributed by atoms with Crippen molar-refractivity contribution in [2.24, 2.45) is 0 Å². The average Bonchev–Trinajstić information content (AvgIpc) is 2.81. The Balaban J connectivity index is 0.00000147. The van der Waals surface area contributed by atoms with Crippen molar-refractivity contribution < 1.29 is 9.18 Å². The fraction of sp³-hybridized carbons (Fsp3) is 0.429. The zero-order chi connectivity index (χ0) is 13.2. The Morgan fingerprint density at radius 3 is 3.05 bits per heavy atom. The molecule has 2 aromatic rings. The highest BCUT2D eigenvalue weighted by Gasteiger charge is 2.21. The van der Waals surface area contributed by atoms with E-state index in [2.05, 4.69) is 10.3 Å². The van der Waals surface area contributed by atoms with E-state index in [1.807, 2.05) is 0 Å². The number of rotatable bonds is 3. The lowest BCUT2D eigenvalue weighted by Gasteiger charge is -2.21. The first-order chi connectivity index (χ1) is 9.22. The van der Waals surface area contributed by atoms with Crippen LogP contribution in [0.1, 0.15) is 24.3 Å². The highest BCUT2D eigenvalue weighted by atomic mass is 35.5. The number of aromatic nitrogens is 1. The summed E-state index contributed by atoms with van der Waals surface area (Å²) in [6.07, 6.45) is 3.51. The lowest BCUT2D eigenvalue weighted by Crippen LogP contribution is -2.41. The molecule has 0 amide bonds. The quantitative estimate of drug-likeness (QED) is 0.946. The molecule has 20 heavy (non-hydrogen) atoms. The van der Waals surface area contributed by atoms with Crippen LogP contribution in [0.15, 0.2) is 18.2 Å². The van der Waals surface area contributed by atoms with Crippen molar-refractivity contribution in [3.8, 4) is 0 Å². The maximum Gasteiger partial charge on any atom is 0.156 e. The number of halogens is 2. The second kappa shape index (κ2) is 6.61. The van der Waals surface area contributed by atoms with Gasteiger partial charge in [0.15, 0.2) is 5.78 Å². The third-order valence-electron chi connectivity index (χ3n) is 3.42. The molecule has 0 unspecified atom stereocenters. The second-order valence-corrected chi connectivity index (χ2v) is 5.98. The van der Waals surface area contributed by atoms with Crippen LogP contribution in [0, 0.1) is 5.82 Å². The highest BCUT2D eigenvalue weighted by molar-refractivity contribution is 7.18. The molecule has 1 aliphatic heterocycles. The standard InChI is InChI=1S/C14H15FN2OS.ClH/c15-9-4-5-11-13(7-9)19-14(17-11)8-12(18)10-3-1-2-6-16-10;/h4-5,7,10,16H,1-3,6,8H2;1H/t10-;/m0./s1. The molecular weight excluding hydrogens is 299 g/mol. The topological polar surface area (TPSA) is 42.0 Å².